The van der Waals surface area contributed by atoms with Crippen molar-refractivity contribution in [3.63, 3.8) is 0 Å². The summed E-state index contributed by atoms with van der Waals surface area (Å²) in [6.07, 6.45) is 0. The van der Waals surface area contributed by atoms with Crippen LogP contribution in [0.15, 0.2) is 24.3 Å². The molecule has 0 unspecified atom stereocenters. The van der Waals surface area contributed by atoms with Gasteiger partial charge in [-0.2, -0.15) is 0 Å². The number of rotatable bonds is 9. The van der Waals surface area contributed by atoms with Gasteiger partial charge in [0.05, 0.1) is 25.4 Å². The molecule has 0 atom stereocenters. The van der Waals surface area contributed by atoms with E-state index in [9.17, 15) is 4.79 Å². The van der Waals surface area contributed by atoms with E-state index in [0.29, 0.717) is 31.1 Å². The lowest BCUT2D eigenvalue weighted by Gasteiger charge is -2.07. The predicted molar refractivity (Wildman–Crippen MR) is 67.1 cm³/mol. The van der Waals surface area contributed by atoms with Gasteiger partial charge in [-0.3, -0.25) is 0 Å². The van der Waals surface area contributed by atoms with E-state index in [1.165, 1.54) is 7.11 Å². The van der Waals surface area contributed by atoms with Crippen LogP contribution in [0, 0.1) is 0 Å². The van der Waals surface area contributed by atoms with E-state index in [4.69, 9.17) is 19.3 Å². The standard InChI is InChI=1S/C13H18O6/c1-16-10-19-13(15)11-2-4-12(5-3-11)18-9-8-17-7-6-14/h2-5,14H,6-10H2,1H3. The van der Waals surface area contributed by atoms with Crippen LogP contribution in [0.3, 0.4) is 0 Å². The van der Waals surface area contributed by atoms with E-state index in [0.717, 1.165) is 0 Å². The van der Waals surface area contributed by atoms with Crippen molar-refractivity contribution < 1.29 is 28.8 Å². The molecule has 0 saturated heterocycles. The van der Waals surface area contributed by atoms with Crippen LogP contribution in [0.25, 0.3) is 0 Å². The second kappa shape index (κ2) is 9.32. The van der Waals surface area contributed by atoms with E-state index in [1.54, 1.807) is 24.3 Å². The number of hydrogen-bond acceptors (Lipinski definition) is 6. The number of aliphatic hydroxyl groups is 1. The maximum Gasteiger partial charge on any atom is 0.340 e. The minimum atomic E-state index is -0.445. The summed E-state index contributed by atoms with van der Waals surface area (Å²) in [5.74, 6) is 0.190. The molecule has 0 aliphatic carbocycles. The number of ether oxygens (including phenoxy) is 4. The highest BCUT2D eigenvalue weighted by molar-refractivity contribution is 5.89. The molecular formula is C13H18O6. The molecule has 0 heterocycles. The Hall–Kier alpha value is -1.63. The highest BCUT2D eigenvalue weighted by Crippen LogP contribution is 2.12. The minimum absolute atomic E-state index is 0.00170. The molecule has 0 radical (unpaired) electrons. The molecule has 0 bridgehead atoms. The Kier molecular flexibility index (Phi) is 7.57. The van der Waals surface area contributed by atoms with Gasteiger partial charge < -0.3 is 24.1 Å². The van der Waals surface area contributed by atoms with Gasteiger partial charge in [0.25, 0.3) is 0 Å². The molecule has 0 aliphatic heterocycles. The molecule has 0 saturated carbocycles. The highest BCUT2D eigenvalue weighted by Gasteiger charge is 2.06. The Morgan fingerprint density at radius 2 is 1.89 bits per heavy atom. The molecule has 19 heavy (non-hydrogen) atoms. The summed E-state index contributed by atoms with van der Waals surface area (Å²) in [7, 11) is 1.45. The third-order valence-electron chi connectivity index (χ3n) is 2.13. The number of esters is 1. The quantitative estimate of drug-likeness (QED) is 0.407. The zero-order chi connectivity index (χ0) is 13.9. The van der Waals surface area contributed by atoms with Crippen molar-refractivity contribution in [2.75, 3.05) is 40.3 Å². The van der Waals surface area contributed by atoms with Crippen molar-refractivity contribution in [1.82, 2.24) is 0 Å². The minimum Gasteiger partial charge on any atom is -0.491 e. The van der Waals surface area contributed by atoms with Crippen molar-refractivity contribution in [1.29, 1.82) is 0 Å². The normalized spacial score (nSPS) is 10.2. The van der Waals surface area contributed by atoms with Crippen molar-refractivity contribution >= 4 is 5.97 Å². The largest absolute Gasteiger partial charge is 0.491 e. The molecule has 6 nitrogen and oxygen atoms in total. The van der Waals surface area contributed by atoms with Crippen molar-refractivity contribution in [2.24, 2.45) is 0 Å². The molecule has 0 aliphatic rings. The molecule has 6 heteroatoms. The monoisotopic (exact) mass is 270 g/mol. The fourth-order valence-electron chi connectivity index (χ4n) is 1.27. The van der Waals surface area contributed by atoms with E-state index in [-0.39, 0.29) is 13.4 Å². The van der Waals surface area contributed by atoms with Gasteiger partial charge in [0.1, 0.15) is 12.4 Å². The van der Waals surface area contributed by atoms with Crippen LogP contribution < -0.4 is 4.74 Å². The molecule has 0 amide bonds. The smallest absolute Gasteiger partial charge is 0.340 e. The van der Waals surface area contributed by atoms with E-state index >= 15 is 0 Å². The summed E-state index contributed by atoms with van der Waals surface area (Å²) >= 11 is 0. The van der Waals surface area contributed by atoms with Crippen molar-refractivity contribution in [2.45, 2.75) is 0 Å². The van der Waals surface area contributed by atoms with Crippen molar-refractivity contribution in [3.05, 3.63) is 29.8 Å². The maximum absolute atomic E-state index is 11.5. The van der Waals surface area contributed by atoms with E-state index in [1.807, 2.05) is 0 Å². The Labute approximate surface area is 111 Å². The lowest BCUT2D eigenvalue weighted by molar-refractivity contribution is -0.0125. The summed E-state index contributed by atoms with van der Waals surface area (Å²) in [5.41, 5.74) is 0.431. The SMILES string of the molecule is COCOC(=O)c1ccc(OCCOCCO)cc1. The van der Waals surface area contributed by atoms with Crippen LogP contribution in [0.5, 0.6) is 5.75 Å². The third kappa shape index (κ3) is 6.19. The molecule has 1 aromatic rings. The zero-order valence-corrected chi connectivity index (χ0v) is 10.8. The number of methoxy groups -OCH3 is 1. The number of benzene rings is 1. The maximum atomic E-state index is 11.5. The van der Waals surface area contributed by atoms with Gasteiger partial charge in [0.2, 0.25) is 0 Å². The first-order valence-corrected chi connectivity index (χ1v) is 5.85. The topological polar surface area (TPSA) is 74.2 Å². The summed E-state index contributed by atoms with van der Waals surface area (Å²) in [5, 5.41) is 8.51. The zero-order valence-electron chi connectivity index (χ0n) is 10.8. The lowest BCUT2D eigenvalue weighted by Crippen LogP contribution is -2.09. The summed E-state index contributed by atoms with van der Waals surface area (Å²) < 4.78 is 19.9. The molecule has 0 aromatic heterocycles. The molecule has 1 N–H and O–H groups in total. The summed E-state index contributed by atoms with van der Waals surface area (Å²) in [4.78, 5) is 11.5. The van der Waals surface area contributed by atoms with Gasteiger partial charge in [-0.05, 0) is 24.3 Å². The molecule has 0 fully saturated rings. The van der Waals surface area contributed by atoms with Crippen LogP contribution in [-0.4, -0.2) is 51.4 Å². The molecule has 1 aromatic carbocycles. The number of hydrogen-bond donors (Lipinski definition) is 1. The molecule has 106 valence electrons. The van der Waals surface area contributed by atoms with Gasteiger partial charge in [-0.1, -0.05) is 0 Å². The first kappa shape index (κ1) is 15.4. The lowest BCUT2D eigenvalue weighted by atomic mass is 10.2. The average molecular weight is 270 g/mol. The van der Waals surface area contributed by atoms with Gasteiger partial charge in [-0.25, -0.2) is 4.79 Å². The molecule has 1 rings (SSSR count). The third-order valence-corrected chi connectivity index (χ3v) is 2.13. The van der Waals surface area contributed by atoms with Gasteiger partial charge in [-0.15, -0.1) is 0 Å². The number of aliphatic hydroxyl groups excluding tert-OH is 1. The van der Waals surface area contributed by atoms with Crippen LogP contribution in [-0.2, 0) is 14.2 Å². The first-order chi connectivity index (χ1) is 9.27. The van der Waals surface area contributed by atoms with Gasteiger partial charge in [0.15, 0.2) is 6.79 Å². The van der Waals surface area contributed by atoms with Crippen LogP contribution in [0.1, 0.15) is 10.4 Å². The molecule has 0 spiro atoms. The van der Waals surface area contributed by atoms with Crippen LogP contribution in [0.4, 0.5) is 0 Å². The number of carbonyl (C=O) groups excluding carboxylic acids is 1. The Morgan fingerprint density at radius 3 is 2.53 bits per heavy atom. The van der Waals surface area contributed by atoms with Gasteiger partial charge >= 0.3 is 5.97 Å². The highest BCUT2D eigenvalue weighted by atomic mass is 16.7. The fraction of sp³-hybridized carbons (Fsp3) is 0.462. The first-order valence-electron chi connectivity index (χ1n) is 5.85. The predicted octanol–water partition coefficient (Wildman–Crippen LogP) is 0.835. The Morgan fingerprint density at radius 1 is 1.16 bits per heavy atom. The summed E-state index contributed by atoms with van der Waals surface area (Å²) in [6, 6.07) is 6.58. The van der Waals surface area contributed by atoms with E-state index in [2.05, 4.69) is 4.74 Å². The number of carbonyl (C=O) groups is 1. The van der Waals surface area contributed by atoms with E-state index < -0.39 is 5.97 Å². The Bertz CT molecular complexity index is 362. The summed E-state index contributed by atoms with van der Waals surface area (Å²) in [6.45, 7) is 1.01. The Balaban J connectivity index is 2.32. The second-order valence-corrected chi connectivity index (χ2v) is 3.55. The van der Waals surface area contributed by atoms with Crippen LogP contribution in [0.2, 0.25) is 0 Å². The fourth-order valence-corrected chi connectivity index (χ4v) is 1.27. The van der Waals surface area contributed by atoms with Gasteiger partial charge in [0, 0.05) is 7.11 Å². The second-order valence-electron chi connectivity index (χ2n) is 3.55. The van der Waals surface area contributed by atoms with Crippen molar-refractivity contribution in [3.8, 4) is 5.75 Å². The average Bonchev–Trinajstić information content (AvgIpc) is 2.45. The van der Waals surface area contributed by atoms with Crippen LogP contribution >= 0.6 is 0 Å². The molecular weight excluding hydrogens is 252 g/mol.